The highest BCUT2D eigenvalue weighted by Gasteiger charge is 2.11. The number of benzene rings is 2. The Balaban J connectivity index is 1.77. The van der Waals surface area contributed by atoms with E-state index in [1.54, 1.807) is 0 Å². The molecule has 0 saturated heterocycles. The summed E-state index contributed by atoms with van der Waals surface area (Å²) in [7, 11) is 0. The molecule has 2 aromatic carbocycles. The molecule has 0 fully saturated rings. The van der Waals surface area contributed by atoms with Gasteiger partial charge in [-0.05, 0) is 60.7 Å². The first kappa shape index (κ1) is 18.2. The highest BCUT2D eigenvalue weighted by atomic mass is 16.3. The second kappa shape index (κ2) is 8.17. The van der Waals surface area contributed by atoms with Crippen LogP contribution in [0.5, 0.6) is 0 Å². The predicted molar refractivity (Wildman–Crippen MR) is 106 cm³/mol. The zero-order chi connectivity index (χ0) is 18.5. The highest BCUT2D eigenvalue weighted by molar-refractivity contribution is 5.90. The van der Waals surface area contributed by atoms with Gasteiger partial charge >= 0.3 is 0 Å². The quantitative estimate of drug-likeness (QED) is 0.557. The van der Waals surface area contributed by atoms with Crippen molar-refractivity contribution in [2.75, 3.05) is 5.32 Å². The average molecular weight is 350 g/mol. The monoisotopic (exact) mass is 350 g/mol. The molecule has 4 heteroatoms. The van der Waals surface area contributed by atoms with Gasteiger partial charge in [0.1, 0.15) is 5.52 Å². The smallest absolute Gasteiger partial charge is 0.227 e. The molecule has 26 heavy (non-hydrogen) atoms. The zero-order valence-corrected chi connectivity index (χ0v) is 15.7. The average Bonchev–Trinajstić information content (AvgIpc) is 3.09. The number of carbonyl (C=O) groups excluding carboxylic acids is 1. The molecule has 0 saturated carbocycles. The second-order valence-electron chi connectivity index (χ2n) is 6.78. The van der Waals surface area contributed by atoms with E-state index in [2.05, 4.69) is 43.2 Å². The molecular weight excluding hydrogens is 324 g/mol. The van der Waals surface area contributed by atoms with Crippen molar-refractivity contribution in [1.82, 2.24) is 4.98 Å². The van der Waals surface area contributed by atoms with Gasteiger partial charge in [0.05, 0.1) is 0 Å². The number of aromatic nitrogens is 1. The summed E-state index contributed by atoms with van der Waals surface area (Å²) >= 11 is 0. The van der Waals surface area contributed by atoms with Gasteiger partial charge in [0.15, 0.2) is 5.58 Å². The molecule has 1 heterocycles. The van der Waals surface area contributed by atoms with Gasteiger partial charge in [0.25, 0.3) is 0 Å². The maximum atomic E-state index is 11.8. The zero-order valence-electron chi connectivity index (χ0n) is 15.7. The van der Waals surface area contributed by atoms with Gasteiger partial charge in [-0.2, -0.15) is 0 Å². The summed E-state index contributed by atoms with van der Waals surface area (Å²) in [6.07, 6.45) is 3.58. The highest BCUT2D eigenvalue weighted by Crippen LogP contribution is 2.28. The van der Waals surface area contributed by atoms with E-state index in [9.17, 15) is 4.79 Å². The molecule has 1 aromatic heterocycles. The van der Waals surface area contributed by atoms with Crippen LogP contribution in [0.1, 0.15) is 57.9 Å². The minimum Gasteiger partial charge on any atom is -0.436 e. The fourth-order valence-electron chi connectivity index (χ4n) is 2.87. The van der Waals surface area contributed by atoms with Crippen LogP contribution in [0.15, 0.2) is 46.9 Å². The van der Waals surface area contributed by atoms with Gasteiger partial charge < -0.3 is 9.73 Å². The summed E-state index contributed by atoms with van der Waals surface area (Å²) in [5.41, 5.74) is 4.66. The Kier molecular flexibility index (Phi) is 5.71. The topological polar surface area (TPSA) is 55.1 Å². The number of nitrogens with zero attached hydrogens (tertiary/aromatic N) is 1. The van der Waals surface area contributed by atoms with E-state index in [1.165, 1.54) is 5.56 Å². The van der Waals surface area contributed by atoms with Crippen LogP contribution in [0.2, 0.25) is 0 Å². The van der Waals surface area contributed by atoms with Crippen LogP contribution in [-0.2, 0) is 4.79 Å². The van der Waals surface area contributed by atoms with Crippen molar-refractivity contribution in [2.45, 2.75) is 52.4 Å². The lowest BCUT2D eigenvalue weighted by molar-refractivity contribution is -0.116. The number of nitrogens with one attached hydrogen (secondary N) is 1. The van der Waals surface area contributed by atoms with Crippen LogP contribution in [0.4, 0.5) is 5.69 Å². The summed E-state index contributed by atoms with van der Waals surface area (Å²) in [5, 5.41) is 2.92. The third-order valence-corrected chi connectivity index (χ3v) is 4.77. The molecule has 0 spiro atoms. The van der Waals surface area contributed by atoms with Gasteiger partial charge in [-0.3, -0.25) is 4.79 Å². The van der Waals surface area contributed by atoms with Gasteiger partial charge in [0.2, 0.25) is 11.8 Å². The minimum atomic E-state index is 0.0547. The van der Waals surface area contributed by atoms with Crippen LogP contribution < -0.4 is 5.32 Å². The molecule has 136 valence electrons. The Morgan fingerprint density at radius 2 is 1.92 bits per heavy atom. The number of anilines is 1. The van der Waals surface area contributed by atoms with Crippen LogP contribution in [0.3, 0.4) is 0 Å². The fraction of sp³-hybridized carbons (Fsp3) is 0.364. The molecule has 0 radical (unpaired) electrons. The van der Waals surface area contributed by atoms with Crippen molar-refractivity contribution in [2.24, 2.45) is 0 Å². The summed E-state index contributed by atoms with van der Waals surface area (Å²) in [4.78, 5) is 16.5. The van der Waals surface area contributed by atoms with Gasteiger partial charge in [-0.1, -0.05) is 33.3 Å². The molecule has 0 bridgehead atoms. The first-order valence-electron chi connectivity index (χ1n) is 9.41. The van der Waals surface area contributed by atoms with Crippen LogP contribution >= 0.6 is 0 Å². The molecule has 4 nitrogen and oxygen atoms in total. The van der Waals surface area contributed by atoms with E-state index in [-0.39, 0.29) is 5.91 Å². The molecular formula is C22H26N2O2. The van der Waals surface area contributed by atoms with E-state index in [0.717, 1.165) is 41.6 Å². The van der Waals surface area contributed by atoms with Crippen LogP contribution in [0, 0.1) is 0 Å². The van der Waals surface area contributed by atoms with Crippen molar-refractivity contribution in [3.8, 4) is 11.5 Å². The molecule has 1 amide bonds. The minimum absolute atomic E-state index is 0.0547. The third kappa shape index (κ3) is 4.13. The van der Waals surface area contributed by atoms with Crippen molar-refractivity contribution in [3.05, 3.63) is 48.0 Å². The van der Waals surface area contributed by atoms with E-state index in [4.69, 9.17) is 4.42 Å². The first-order valence-corrected chi connectivity index (χ1v) is 9.41. The van der Waals surface area contributed by atoms with Crippen molar-refractivity contribution in [1.29, 1.82) is 0 Å². The normalized spacial score (nSPS) is 12.3. The molecule has 1 N–H and O–H groups in total. The molecule has 0 aliphatic rings. The maximum absolute atomic E-state index is 11.8. The second-order valence-corrected chi connectivity index (χ2v) is 6.78. The SMILES string of the molecule is CCCCC(=O)Nc1ccc(-c2nc3cc([C@H](C)CC)ccc3o2)cc1. The molecule has 0 aliphatic carbocycles. The van der Waals surface area contributed by atoms with Gasteiger partial charge in [-0.15, -0.1) is 0 Å². The lowest BCUT2D eigenvalue weighted by Crippen LogP contribution is -2.10. The van der Waals surface area contributed by atoms with Gasteiger partial charge in [-0.25, -0.2) is 4.98 Å². The summed E-state index contributed by atoms with van der Waals surface area (Å²) in [5.74, 6) is 1.17. The maximum Gasteiger partial charge on any atom is 0.227 e. The Labute approximate surface area is 154 Å². The number of amides is 1. The van der Waals surface area contributed by atoms with Crippen molar-refractivity contribution >= 4 is 22.7 Å². The van der Waals surface area contributed by atoms with E-state index < -0.39 is 0 Å². The number of carbonyl (C=O) groups is 1. The van der Waals surface area contributed by atoms with E-state index in [1.807, 2.05) is 30.3 Å². The largest absolute Gasteiger partial charge is 0.436 e. The molecule has 0 aliphatic heterocycles. The Hall–Kier alpha value is -2.62. The summed E-state index contributed by atoms with van der Waals surface area (Å²) in [6, 6.07) is 13.8. The summed E-state index contributed by atoms with van der Waals surface area (Å²) in [6.45, 7) is 6.48. The van der Waals surface area contributed by atoms with E-state index >= 15 is 0 Å². The van der Waals surface area contributed by atoms with Crippen molar-refractivity contribution in [3.63, 3.8) is 0 Å². The standard InChI is InChI=1S/C22H26N2O2/c1-4-6-7-21(25)23-18-11-8-16(9-12-18)22-24-19-14-17(15(3)5-2)10-13-20(19)26-22/h8-15H,4-7H2,1-3H3,(H,23,25)/t15-/m1/s1. The first-order chi connectivity index (χ1) is 12.6. The fourth-order valence-corrected chi connectivity index (χ4v) is 2.87. The number of rotatable bonds is 7. The molecule has 3 aromatic rings. The molecule has 3 rings (SSSR count). The molecule has 0 unspecified atom stereocenters. The summed E-state index contributed by atoms with van der Waals surface area (Å²) < 4.78 is 5.90. The van der Waals surface area contributed by atoms with Gasteiger partial charge in [0, 0.05) is 17.7 Å². The van der Waals surface area contributed by atoms with E-state index in [0.29, 0.717) is 18.2 Å². The lowest BCUT2D eigenvalue weighted by atomic mass is 9.98. The number of fused-ring (bicyclic) bond motifs is 1. The molecule has 1 atom stereocenters. The predicted octanol–water partition coefficient (Wildman–Crippen LogP) is 6.14. The number of hydrogen-bond acceptors (Lipinski definition) is 3. The lowest BCUT2D eigenvalue weighted by Gasteiger charge is -2.07. The van der Waals surface area contributed by atoms with Crippen LogP contribution in [0.25, 0.3) is 22.6 Å². The van der Waals surface area contributed by atoms with Crippen molar-refractivity contribution < 1.29 is 9.21 Å². The number of unbranched alkanes of at least 4 members (excludes halogenated alkanes) is 1. The van der Waals surface area contributed by atoms with Crippen LogP contribution in [-0.4, -0.2) is 10.9 Å². The Morgan fingerprint density at radius 3 is 2.62 bits per heavy atom. The number of hydrogen-bond donors (Lipinski definition) is 1. The third-order valence-electron chi connectivity index (χ3n) is 4.77. The number of oxazole rings is 1. The Morgan fingerprint density at radius 1 is 1.15 bits per heavy atom. The Bertz CT molecular complexity index is 881.